The second-order valence-corrected chi connectivity index (χ2v) is 3.44. The maximum Gasteiger partial charge on any atom is 0.102 e. The summed E-state index contributed by atoms with van der Waals surface area (Å²) < 4.78 is 7.51. The van der Waals surface area contributed by atoms with E-state index < -0.39 is 0 Å². The highest BCUT2D eigenvalue weighted by molar-refractivity contribution is 5.14. The molecule has 2 heterocycles. The highest BCUT2D eigenvalue weighted by atomic mass is 16.5. The number of aromatic nitrogens is 3. The molecule has 1 unspecified atom stereocenters. The normalized spacial score (nSPS) is 21.7. The molecule has 2 N–H and O–H groups in total. The van der Waals surface area contributed by atoms with E-state index in [-0.39, 0.29) is 6.10 Å². The first-order valence-corrected chi connectivity index (χ1v) is 5.10. The zero-order valence-corrected chi connectivity index (χ0v) is 8.44. The van der Waals surface area contributed by atoms with Crippen LogP contribution in [0.25, 0.3) is 0 Å². The second kappa shape index (κ2) is 4.06. The van der Waals surface area contributed by atoms with Gasteiger partial charge in [-0.15, -0.1) is 5.10 Å². The summed E-state index contributed by atoms with van der Waals surface area (Å²) in [5.74, 6) is 0. The van der Waals surface area contributed by atoms with Gasteiger partial charge in [0.05, 0.1) is 5.69 Å². The van der Waals surface area contributed by atoms with Crippen LogP contribution in [0.1, 0.15) is 37.3 Å². The van der Waals surface area contributed by atoms with Gasteiger partial charge in [0.15, 0.2) is 0 Å². The fourth-order valence-corrected chi connectivity index (χ4v) is 1.88. The maximum atomic E-state index is 5.63. The average Bonchev–Trinajstić information content (AvgIpc) is 2.85. The molecule has 0 radical (unpaired) electrons. The summed E-state index contributed by atoms with van der Waals surface area (Å²) in [6.45, 7) is 4.15. The Bertz CT molecular complexity index is 282. The fourth-order valence-electron chi connectivity index (χ4n) is 1.88. The van der Waals surface area contributed by atoms with Crippen LogP contribution in [0, 0.1) is 0 Å². The van der Waals surface area contributed by atoms with Crippen molar-refractivity contribution in [3.63, 3.8) is 0 Å². The van der Waals surface area contributed by atoms with Crippen molar-refractivity contribution in [1.29, 1.82) is 0 Å². The van der Waals surface area contributed by atoms with Gasteiger partial charge in [0, 0.05) is 19.7 Å². The molecule has 78 valence electrons. The van der Waals surface area contributed by atoms with Crippen LogP contribution in [0.5, 0.6) is 0 Å². The topological polar surface area (TPSA) is 66.0 Å². The van der Waals surface area contributed by atoms with Crippen molar-refractivity contribution in [2.75, 3.05) is 6.61 Å². The van der Waals surface area contributed by atoms with Crippen LogP contribution in [-0.4, -0.2) is 21.6 Å². The van der Waals surface area contributed by atoms with Crippen LogP contribution >= 0.6 is 0 Å². The summed E-state index contributed by atoms with van der Waals surface area (Å²) >= 11 is 0. The summed E-state index contributed by atoms with van der Waals surface area (Å²) in [5, 5.41) is 8.11. The number of hydrogen-bond acceptors (Lipinski definition) is 4. The zero-order chi connectivity index (χ0) is 9.97. The quantitative estimate of drug-likeness (QED) is 0.769. The molecule has 0 saturated carbocycles. The lowest BCUT2D eigenvalue weighted by Gasteiger charge is -2.11. The van der Waals surface area contributed by atoms with Crippen molar-refractivity contribution in [3.05, 3.63) is 11.4 Å². The molecule has 1 saturated heterocycles. The van der Waals surface area contributed by atoms with Crippen molar-refractivity contribution in [2.45, 2.75) is 39.0 Å². The Hall–Kier alpha value is -0.940. The lowest BCUT2D eigenvalue weighted by atomic mass is 10.1. The largest absolute Gasteiger partial charge is 0.372 e. The third-order valence-corrected chi connectivity index (χ3v) is 2.57. The van der Waals surface area contributed by atoms with Gasteiger partial charge in [0.1, 0.15) is 11.8 Å². The van der Waals surface area contributed by atoms with Gasteiger partial charge in [-0.1, -0.05) is 5.21 Å². The summed E-state index contributed by atoms with van der Waals surface area (Å²) in [4.78, 5) is 0. The highest BCUT2D eigenvalue weighted by Gasteiger charge is 2.25. The monoisotopic (exact) mass is 196 g/mol. The van der Waals surface area contributed by atoms with E-state index in [9.17, 15) is 0 Å². The third kappa shape index (κ3) is 1.53. The van der Waals surface area contributed by atoms with Gasteiger partial charge < -0.3 is 10.5 Å². The van der Waals surface area contributed by atoms with Gasteiger partial charge in [-0.05, 0) is 19.8 Å². The molecule has 14 heavy (non-hydrogen) atoms. The molecule has 1 aromatic heterocycles. The van der Waals surface area contributed by atoms with E-state index in [4.69, 9.17) is 10.5 Å². The Morgan fingerprint density at radius 1 is 1.64 bits per heavy atom. The molecule has 5 nitrogen and oxygen atoms in total. The Morgan fingerprint density at radius 2 is 2.50 bits per heavy atom. The van der Waals surface area contributed by atoms with Gasteiger partial charge in [-0.2, -0.15) is 0 Å². The standard InChI is InChI=1S/C9H16N4O/c1-2-13-9(7(6-10)11-12-13)8-4-3-5-14-8/h8H,2-6,10H2,1H3. The van der Waals surface area contributed by atoms with Crippen LogP contribution in [0.3, 0.4) is 0 Å². The number of nitrogens with two attached hydrogens (primary N) is 1. The first-order chi connectivity index (χ1) is 6.86. The van der Waals surface area contributed by atoms with Gasteiger partial charge in [0.2, 0.25) is 0 Å². The minimum absolute atomic E-state index is 0.156. The molecule has 1 fully saturated rings. The minimum atomic E-state index is 0.156. The molecule has 1 atom stereocenters. The van der Waals surface area contributed by atoms with Crippen LogP contribution in [-0.2, 0) is 17.8 Å². The number of rotatable bonds is 3. The van der Waals surface area contributed by atoms with E-state index in [1.54, 1.807) is 0 Å². The number of nitrogens with zero attached hydrogens (tertiary/aromatic N) is 3. The van der Waals surface area contributed by atoms with Crippen LogP contribution in [0.2, 0.25) is 0 Å². The molecule has 1 aliphatic rings. The lowest BCUT2D eigenvalue weighted by Crippen LogP contribution is -2.11. The predicted octanol–water partition coefficient (Wildman–Crippen LogP) is 0.608. The lowest BCUT2D eigenvalue weighted by molar-refractivity contribution is 0.104. The smallest absolute Gasteiger partial charge is 0.102 e. The first kappa shape index (κ1) is 9.61. The predicted molar refractivity (Wildman–Crippen MR) is 51.5 cm³/mol. The van der Waals surface area contributed by atoms with Gasteiger partial charge in [-0.25, -0.2) is 4.68 Å². The van der Waals surface area contributed by atoms with E-state index in [0.717, 1.165) is 37.4 Å². The fraction of sp³-hybridized carbons (Fsp3) is 0.778. The van der Waals surface area contributed by atoms with E-state index in [1.165, 1.54) is 0 Å². The molecule has 0 amide bonds. The molecule has 2 rings (SSSR count). The van der Waals surface area contributed by atoms with Crippen LogP contribution in [0.4, 0.5) is 0 Å². The Balaban J connectivity index is 2.31. The SMILES string of the molecule is CCn1nnc(CN)c1C1CCCO1. The molecule has 0 bridgehead atoms. The van der Waals surface area contributed by atoms with Gasteiger partial charge >= 0.3 is 0 Å². The van der Waals surface area contributed by atoms with E-state index >= 15 is 0 Å². The highest BCUT2D eigenvalue weighted by Crippen LogP contribution is 2.29. The molecular weight excluding hydrogens is 180 g/mol. The van der Waals surface area contributed by atoms with E-state index in [0.29, 0.717) is 6.54 Å². The molecule has 0 aliphatic carbocycles. The molecular formula is C9H16N4O. The molecule has 5 heteroatoms. The number of aryl methyl sites for hydroxylation is 1. The Kier molecular flexibility index (Phi) is 2.79. The summed E-state index contributed by atoms with van der Waals surface area (Å²) in [5.41, 5.74) is 7.57. The van der Waals surface area contributed by atoms with Crippen LogP contribution < -0.4 is 5.73 Å². The molecule has 0 aromatic carbocycles. The van der Waals surface area contributed by atoms with Crippen molar-refractivity contribution < 1.29 is 4.74 Å². The number of ether oxygens (including phenoxy) is 1. The van der Waals surface area contributed by atoms with Gasteiger partial charge in [-0.3, -0.25) is 0 Å². The summed E-state index contributed by atoms with van der Waals surface area (Å²) in [6, 6.07) is 0. The van der Waals surface area contributed by atoms with Crippen LogP contribution in [0.15, 0.2) is 0 Å². The second-order valence-electron chi connectivity index (χ2n) is 3.44. The first-order valence-electron chi connectivity index (χ1n) is 5.10. The molecule has 0 spiro atoms. The van der Waals surface area contributed by atoms with Gasteiger partial charge in [0.25, 0.3) is 0 Å². The summed E-state index contributed by atoms with van der Waals surface area (Å²) in [6.07, 6.45) is 2.33. The Labute approximate surface area is 83.2 Å². The van der Waals surface area contributed by atoms with E-state index in [2.05, 4.69) is 10.3 Å². The summed E-state index contributed by atoms with van der Waals surface area (Å²) in [7, 11) is 0. The van der Waals surface area contributed by atoms with Crippen molar-refractivity contribution in [1.82, 2.24) is 15.0 Å². The minimum Gasteiger partial charge on any atom is -0.372 e. The third-order valence-electron chi connectivity index (χ3n) is 2.57. The molecule has 1 aliphatic heterocycles. The van der Waals surface area contributed by atoms with E-state index in [1.807, 2.05) is 11.6 Å². The van der Waals surface area contributed by atoms with Crippen molar-refractivity contribution in [2.24, 2.45) is 5.73 Å². The maximum absolute atomic E-state index is 5.63. The Morgan fingerprint density at radius 3 is 3.07 bits per heavy atom. The zero-order valence-electron chi connectivity index (χ0n) is 8.44. The molecule has 1 aromatic rings. The number of hydrogen-bond donors (Lipinski definition) is 1. The average molecular weight is 196 g/mol. The van der Waals surface area contributed by atoms with Crippen molar-refractivity contribution in [3.8, 4) is 0 Å². The van der Waals surface area contributed by atoms with Crippen molar-refractivity contribution >= 4 is 0 Å².